The summed E-state index contributed by atoms with van der Waals surface area (Å²) in [5, 5.41) is 4.94. The lowest BCUT2D eigenvalue weighted by Crippen LogP contribution is -2.37. The summed E-state index contributed by atoms with van der Waals surface area (Å²) in [6.45, 7) is 12.5. The highest BCUT2D eigenvalue weighted by Gasteiger charge is 2.10. The molecule has 2 nitrogen and oxygen atoms in total. The third-order valence-electron chi connectivity index (χ3n) is 3.49. The molecule has 0 amide bonds. The molecule has 1 heterocycles. The molecule has 0 saturated heterocycles. The van der Waals surface area contributed by atoms with Crippen LogP contribution < -0.4 is 5.32 Å². The number of allylic oxidation sites excluding steroid dienone is 1. The van der Waals surface area contributed by atoms with Crippen molar-refractivity contribution in [3.8, 4) is 0 Å². The largest absolute Gasteiger partial charge is 0.347 e. The van der Waals surface area contributed by atoms with Gasteiger partial charge in [0.25, 0.3) is 0 Å². The van der Waals surface area contributed by atoms with Crippen LogP contribution in [0.3, 0.4) is 0 Å². The standard InChI is InChI=1S/C18H26N2/c1-5-6-13-20-14-15(11-12-19-18(2,3)4)16-9-7-8-10-17(16)20/h5,7-10,14,19H,1,6,11-13H2,2-4H3. The van der Waals surface area contributed by atoms with Crippen molar-refractivity contribution in [1.29, 1.82) is 0 Å². The van der Waals surface area contributed by atoms with Crippen molar-refractivity contribution in [2.45, 2.75) is 45.7 Å². The molecule has 1 aromatic carbocycles. The molecule has 1 N–H and O–H groups in total. The molecule has 0 aliphatic heterocycles. The Morgan fingerprint density at radius 3 is 2.70 bits per heavy atom. The maximum absolute atomic E-state index is 3.82. The Bertz CT molecular complexity index is 573. The van der Waals surface area contributed by atoms with Gasteiger partial charge in [-0.3, -0.25) is 0 Å². The van der Waals surface area contributed by atoms with Gasteiger partial charge in [-0.2, -0.15) is 0 Å². The fourth-order valence-corrected chi connectivity index (χ4v) is 2.51. The van der Waals surface area contributed by atoms with Crippen LogP contribution in [0, 0.1) is 0 Å². The van der Waals surface area contributed by atoms with Crippen LogP contribution in [0.1, 0.15) is 32.8 Å². The predicted octanol–water partition coefficient (Wildman–Crippen LogP) is 4.15. The number of hydrogen-bond acceptors (Lipinski definition) is 1. The molecule has 0 atom stereocenters. The molecule has 108 valence electrons. The average Bonchev–Trinajstić information content (AvgIpc) is 2.74. The first-order valence-corrected chi connectivity index (χ1v) is 7.44. The van der Waals surface area contributed by atoms with E-state index >= 15 is 0 Å². The molecule has 2 heteroatoms. The van der Waals surface area contributed by atoms with E-state index in [1.165, 1.54) is 16.5 Å². The Morgan fingerprint density at radius 2 is 2.00 bits per heavy atom. The quantitative estimate of drug-likeness (QED) is 0.780. The molecule has 2 rings (SSSR count). The number of hydrogen-bond donors (Lipinski definition) is 1. The molecule has 0 bridgehead atoms. The van der Waals surface area contributed by atoms with Gasteiger partial charge in [-0.25, -0.2) is 0 Å². The van der Waals surface area contributed by atoms with E-state index in [4.69, 9.17) is 0 Å². The van der Waals surface area contributed by atoms with Gasteiger partial charge in [0, 0.05) is 29.2 Å². The molecule has 0 spiro atoms. The Kier molecular flexibility index (Phi) is 4.66. The van der Waals surface area contributed by atoms with E-state index in [1.807, 2.05) is 6.08 Å². The second kappa shape index (κ2) is 6.27. The van der Waals surface area contributed by atoms with E-state index in [-0.39, 0.29) is 5.54 Å². The van der Waals surface area contributed by atoms with E-state index in [0.717, 1.165) is 25.9 Å². The van der Waals surface area contributed by atoms with E-state index in [2.05, 4.69) is 67.7 Å². The SMILES string of the molecule is C=CCCn1cc(CCNC(C)(C)C)c2ccccc21. The maximum atomic E-state index is 3.82. The first-order chi connectivity index (χ1) is 9.51. The summed E-state index contributed by atoms with van der Waals surface area (Å²) in [6.07, 6.45) is 6.37. The van der Waals surface area contributed by atoms with Gasteiger partial charge >= 0.3 is 0 Å². The number of nitrogens with one attached hydrogen (secondary N) is 1. The van der Waals surface area contributed by atoms with Gasteiger partial charge in [-0.1, -0.05) is 24.3 Å². The Balaban J connectivity index is 2.18. The van der Waals surface area contributed by atoms with Crippen molar-refractivity contribution >= 4 is 10.9 Å². The van der Waals surface area contributed by atoms with Crippen LogP contribution in [-0.2, 0) is 13.0 Å². The number of nitrogens with zero attached hydrogens (tertiary/aromatic N) is 1. The molecule has 0 aliphatic carbocycles. The highest BCUT2D eigenvalue weighted by Crippen LogP contribution is 2.22. The number of fused-ring (bicyclic) bond motifs is 1. The molecule has 20 heavy (non-hydrogen) atoms. The van der Waals surface area contributed by atoms with Crippen molar-refractivity contribution < 1.29 is 0 Å². The van der Waals surface area contributed by atoms with Crippen LogP contribution in [-0.4, -0.2) is 16.7 Å². The highest BCUT2D eigenvalue weighted by atomic mass is 15.0. The summed E-state index contributed by atoms with van der Waals surface area (Å²) in [6, 6.07) is 8.68. The zero-order chi connectivity index (χ0) is 14.6. The molecule has 0 unspecified atom stereocenters. The van der Waals surface area contributed by atoms with Gasteiger partial charge in [0.05, 0.1) is 0 Å². The Labute approximate surface area is 122 Å². The van der Waals surface area contributed by atoms with Gasteiger partial charge in [0.1, 0.15) is 0 Å². The summed E-state index contributed by atoms with van der Waals surface area (Å²) < 4.78 is 2.35. The van der Waals surface area contributed by atoms with Gasteiger partial charge in [0.2, 0.25) is 0 Å². The first kappa shape index (κ1) is 14.9. The lowest BCUT2D eigenvalue weighted by Gasteiger charge is -2.20. The van der Waals surface area contributed by atoms with Gasteiger partial charge in [-0.15, -0.1) is 6.58 Å². The third kappa shape index (κ3) is 3.73. The van der Waals surface area contributed by atoms with Crippen LogP contribution in [0.5, 0.6) is 0 Å². The number of rotatable bonds is 6. The van der Waals surface area contributed by atoms with Crippen LogP contribution in [0.2, 0.25) is 0 Å². The van der Waals surface area contributed by atoms with Gasteiger partial charge in [-0.05, 0) is 51.8 Å². The summed E-state index contributed by atoms with van der Waals surface area (Å²) in [7, 11) is 0. The molecule has 0 aliphatic rings. The maximum Gasteiger partial charge on any atom is 0.0483 e. The van der Waals surface area contributed by atoms with E-state index in [1.54, 1.807) is 0 Å². The molecule has 2 aromatic rings. The molecule has 1 aromatic heterocycles. The van der Waals surface area contributed by atoms with Crippen molar-refractivity contribution in [3.63, 3.8) is 0 Å². The second-order valence-electron chi connectivity index (χ2n) is 6.37. The number of benzene rings is 1. The van der Waals surface area contributed by atoms with Gasteiger partial charge in [0.15, 0.2) is 0 Å². The lowest BCUT2D eigenvalue weighted by molar-refractivity contribution is 0.429. The lowest BCUT2D eigenvalue weighted by atomic mass is 10.1. The first-order valence-electron chi connectivity index (χ1n) is 7.44. The summed E-state index contributed by atoms with van der Waals surface area (Å²) in [5.74, 6) is 0. The van der Waals surface area contributed by atoms with E-state index < -0.39 is 0 Å². The minimum absolute atomic E-state index is 0.182. The molecular weight excluding hydrogens is 244 g/mol. The smallest absolute Gasteiger partial charge is 0.0483 e. The average molecular weight is 270 g/mol. The summed E-state index contributed by atoms with van der Waals surface area (Å²) in [4.78, 5) is 0. The Hall–Kier alpha value is -1.54. The van der Waals surface area contributed by atoms with Crippen molar-refractivity contribution in [3.05, 3.63) is 48.7 Å². The third-order valence-corrected chi connectivity index (χ3v) is 3.49. The van der Waals surface area contributed by atoms with Crippen molar-refractivity contribution in [1.82, 2.24) is 9.88 Å². The zero-order valence-corrected chi connectivity index (χ0v) is 12.9. The number of aromatic nitrogens is 1. The normalized spacial score (nSPS) is 11.9. The second-order valence-corrected chi connectivity index (χ2v) is 6.37. The Morgan fingerprint density at radius 1 is 1.25 bits per heavy atom. The summed E-state index contributed by atoms with van der Waals surface area (Å²) in [5.41, 5.74) is 2.95. The molecule has 0 radical (unpaired) electrons. The number of para-hydroxylation sites is 1. The summed E-state index contributed by atoms with van der Waals surface area (Å²) >= 11 is 0. The molecular formula is C18H26N2. The molecule has 0 saturated carbocycles. The van der Waals surface area contributed by atoms with Crippen LogP contribution in [0.4, 0.5) is 0 Å². The fourth-order valence-electron chi connectivity index (χ4n) is 2.51. The predicted molar refractivity (Wildman–Crippen MR) is 88.2 cm³/mol. The minimum atomic E-state index is 0.182. The number of aryl methyl sites for hydroxylation is 1. The van der Waals surface area contributed by atoms with Crippen molar-refractivity contribution in [2.75, 3.05) is 6.54 Å². The van der Waals surface area contributed by atoms with Gasteiger partial charge < -0.3 is 9.88 Å². The zero-order valence-electron chi connectivity index (χ0n) is 12.9. The van der Waals surface area contributed by atoms with Crippen molar-refractivity contribution in [2.24, 2.45) is 0 Å². The molecule has 0 fully saturated rings. The van der Waals surface area contributed by atoms with E-state index in [9.17, 15) is 0 Å². The van der Waals surface area contributed by atoms with Crippen LogP contribution in [0.25, 0.3) is 10.9 Å². The van der Waals surface area contributed by atoms with Crippen LogP contribution >= 0.6 is 0 Å². The fraction of sp³-hybridized carbons (Fsp3) is 0.444. The minimum Gasteiger partial charge on any atom is -0.347 e. The monoisotopic (exact) mass is 270 g/mol. The highest BCUT2D eigenvalue weighted by molar-refractivity contribution is 5.84. The topological polar surface area (TPSA) is 17.0 Å². The van der Waals surface area contributed by atoms with Crippen LogP contribution in [0.15, 0.2) is 43.1 Å². The van der Waals surface area contributed by atoms with E-state index in [0.29, 0.717) is 0 Å².